The van der Waals surface area contributed by atoms with E-state index in [2.05, 4.69) is 36.9 Å². The SMILES string of the molecule is Cc1ccc(CN2CCCCC2CC(N)C(=O)O)cc1C. The maximum Gasteiger partial charge on any atom is 0.320 e. The zero-order valence-corrected chi connectivity index (χ0v) is 13.0. The Hall–Kier alpha value is -1.39. The van der Waals surface area contributed by atoms with E-state index in [0.717, 1.165) is 19.5 Å². The molecule has 1 fully saturated rings. The molecule has 1 aliphatic heterocycles. The van der Waals surface area contributed by atoms with Gasteiger partial charge in [0.2, 0.25) is 0 Å². The Morgan fingerprint density at radius 3 is 2.81 bits per heavy atom. The normalized spacial score (nSPS) is 21.2. The topological polar surface area (TPSA) is 66.6 Å². The molecule has 3 N–H and O–H groups in total. The highest BCUT2D eigenvalue weighted by Gasteiger charge is 2.26. The molecular formula is C17H26N2O2. The Morgan fingerprint density at radius 2 is 2.14 bits per heavy atom. The Labute approximate surface area is 126 Å². The Bertz CT molecular complexity index is 502. The van der Waals surface area contributed by atoms with Gasteiger partial charge in [-0.1, -0.05) is 24.6 Å². The van der Waals surface area contributed by atoms with Crippen LogP contribution in [0.25, 0.3) is 0 Å². The molecule has 4 heteroatoms. The number of nitrogens with two attached hydrogens (primary N) is 1. The van der Waals surface area contributed by atoms with Gasteiger partial charge in [-0.15, -0.1) is 0 Å². The van der Waals surface area contributed by atoms with Crippen molar-refractivity contribution in [1.82, 2.24) is 4.90 Å². The molecule has 4 nitrogen and oxygen atoms in total. The average molecular weight is 290 g/mol. The van der Waals surface area contributed by atoms with E-state index in [-0.39, 0.29) is 6.04 Å². The third-order valence-electron chi connectivity index (χ3n) is 4.55. The van der Waals surface area contributed by atoms with Crippen LogP contribution in [0.2, 0.25) is 0 Å². The van der Waals surface area contributed by atoms with Crippen molar-refractivity contribution in [3.8, 4) is 0 Å². The fourth-order valence-electron chi connectivity index (χ4n) is 3.07. The number of nitrogens with zero attached hydrogens (tertiary/aromatic N) is 1. The minimum Gasteiger partial charge on any atom is -0.480 e. The van der Waals surface area contributed by atoms with Crippen LogP contribution in [-0.2, 0) is 11.3 Å². The van der Waals surface area contributed by atoms with Crippen LogP contribution in [0, 0.1) is 13.8 Å². The van der Waals surface area contributed by atoms with E-state index in [4.69, 9.17) is 10.8 Å². The van der Waals surface area contributed by atoms with Gasteiger partial charge >= 0.3 is 5.97 Å². The van der Waals surface area contributed by atoms with E-state index in [1.807, 2.05) is 0 Å². The molecule has 0 spiro atoms. The number of likely N-dealkylation sites (tertiary alicyclic amines) is 1. The molecule has 2 unspecified atom stereocenters. The van der Waals surface area contributed by atoms with Crippen LogP contribution in [0.5, 0.6) is 0 Å². The molecule has 1 aromatic rings. The fraction of sp³-hybridized carbons (Fsp3) is 0.588. The molecule has 0 amide bonds. The van der Waals surface area contributed by atoms with Gasteiger partial charge in [-0.3, -0.25) is 9.69 Å². The van der Waals surface area contributed by atoms with E-state index in [0.29, 0.717) is 6.42 Å². The van der Waals surface area contributed by atoms with Crippen molar-refractivity contribution in [3.63, 3.8) is 0 Å². The summed E-state index contributed by atoms with van der Waals surface area (Å²) in [5.74, 6) is -0.897. The van der Waals surface area contributed by atoms with Gasteiger partial charge in [-0.05, 0) is 56.3 Å². The molecule has 116 valence electrons. The van der Waals surface area contributed by atoms with Gasteiger partial charge in [0, 0.05) is 12.6 Å². The van der Waals surface area contributed by atoms with Crippen molar-refractivity contribution < 1.29 is 9.90 Å². The van der Waals surface area contributed by atoms with Crippen molar-refractivity contribution in [3.05, 3.63) is 34.9 Å². The molecule has 21 heavy (non-hydrogen) atoms. The number of hydrogen-bond acceptors (Lipinski definition) is 3. The number of aliphatic carboxylic acids is 1. The van der Waals surface area contributed by atoms with Gasteiger partial charge in [-0.25, -0.2) is 0 Å². The monoisotopic (exact) mass is 290 g/mol. The molecule has 1 saturated heterocycles. The fourth-order valence-corrected chi connectivity index (χ4v) is 3.07. The van der Waals surface area contributed by atoms with Crippen LogP contribution in [0.4, 0.5) is 0 Å². The highest BCUT2D eigenvalue weighted by molar-refractivity contribution is 5.73. The van der Waals surface area contributed by atoms with Crippen molar-refractivity contribution in [2.24, 2.45) is 5.73 Å². The van der Waals surface area contributed by atoms with E-state index < -0.39 is 12.0 Å². The van der Waals surface area contributed by atoms with Gasteiger partial charge < -0.3 is 10.8 Å². The summed E-state index contributed by atoms with van der Waals surface area (Å²) in [5, 5.41) is 9.01. The van der Waals surface area contributed by atoms with Gasteiger partial charge in [0.25, 0.3) is 0 Å². The molecular weight excluding hydrogens is 264 g/mol. The number of benzene rings is 1. The number of rotatable bonds is 5. The van der Waals surface area contributed by atoms with Gasteiger partial charge in [0.15, 0.2) is 0 Å². The second kappa shape index (κ2) is 7.05. The van der Waals surface area contributed by atoms with Gasteiger partial charge in [0.05, 0.1) is 0 Å². The first-order valence-corrected chi connectivity index (χ1v) is 7.76. The molecule has 2 atom stereocenters. The second-order valence-electron chi connectivity index (χ2n) is 6.22. The predicted molar refractivity (Wildman–Crippen MR) is 84.2 cm³/mol. The first-order valence-electron chi connectivity index (χ1n) is 7.76. The average Bonchev–Trinajstić information content (AvgIpc) is 2.45. The Morgan fingerprint density at radius 1 is 1.38 bits per heavy atom. The third-order valence-corrected chi connectivity index (χ3v) is 4.55. The molecule has 1 heterocycles. The second-order valence-corrected chi connectivity index (χ2v) is 6.22. The summed E-state index contributed by atoms with van der Waals surface area (Å²) in [5.41, 5.74) is 9.64. The number of carbonyl (C=O) groups is 1. The lowest BCUT2D eigenvalue weighted by atomic mass is 9.95. The van der Waals surface area contributed by atoms with Crippen molar-refractivity contribution in [1.29, 1.82) is 0 Å². The highest BCUT2D eigenvalue weighted by Crippen LogP contribution is 2.23. The van der Waals surface area contributed by atoms with E-state index >= 15 is 0 Å². The standard InChI is InChI=1S/C17H26N2O2/c1-12-6-7-14(9-13(12)2)11-19-8-4-3-5-15(19)10-16(18)17(20)21/h6-7,9,15-16H,3-5,8,10-11,18H2,1-2H3,(H,20,21). The number of aryl methyl sites for hydroxylation is 2. The summed E-state index contributed by atoms with van der Waals surface area (Å²) >= 11 is 0. The molecule has 0 aliphatic carbocycles. The van der Waals surface area contributed by atoms with Gasteiger partial charge in [0.1, 0.15) is 6.04 Å². The summed E-state index contributed by atoms with van der Waals surface area (Å²) < 4.78 is 0. The largest absolute Gasteiger partial charge is 0.480 e. The number of hydrogen-bond donors (Lipinski definition) is 2. The molecule has 0 saturated carbocycles. The van der Waals surface area contributed by atoms with Crippen LogP contribution < -0.4 is 5.73 Å². The smallest absolute Gasteiger partial charge is 0.320 e. The first-order chi connectivity index (χ1) is 9.97. The van der Waals surface area contributed by atoms with Crippen molar-refractivity contribution in [2.45, 2.75) is 58.2 Å². The first kappa shape index (κ1) is 16.0. The van der Waals surface area contributed by atoms with E-state index in [1.54, 1.807) is 0 Å². The number of carboxylic acid groups (broad SMARTS) is 1. The molecule has 0 aromatic heterocycles. The quantitative estimate of drug-likeness (QED) is 0.874. The number of carboxylic acids is 1. The Kier molecular flexibility index (Phi) is 5.37. The zero-order valence-electron chi connectivity index (χ0n) is 13.0. The summed E-state index contributed by atoms with van der Waals surface area (Å²) in [6.45, 7) is 6.17. The molecule has 1 aromatic carbocycles. The summed E-state index contributed by atoms with van der Waals surface area (Å²) in [4.78, 5) is 13.4. The molecule has 0 radical (unpaired) electrons. The lowest BCUT2D eigenvalue weighted by molar-refractivity contribution is -0.139. The van der Waals surface area contributed by atoms with Crippen molar-refractivity contribution in [2.75, 3.05) is 6.54 Å². The maximum absolute atomic E-state index is 11.0. The summed E-state index contributed by atoms with van der Waals surface area (Å²) in [6.07, 6.45) is 3.94. The molecule has 1 aliphatic rings. The predicted octanol–water partition coefficient (Wildman–Crippen LogP) is 2.46. The number of piperidine rings is 1. The Balaban J connectivity index is 2.04. The zero-order chi connectivity index (χ0) is 15.4. The highest BCUT2D eigenvalue weighted by atomic mass is 16.4. The molecule has 0 bridgehead atoms. The maximum atomic E-state index is 11.0. The minimum absolute atomic E-state index is 0.284. The molecule has 2 rings (SSSR count). The lowest BCUT2D eigenvalue weighted by Gasteiger charge is -2.36. The van der Waals surface area contributed by atoms with Crippen LogP contribution in [0.15, 0.2) is 18.2 Å². The van der Waals surface area contributed by atoms with Gasteiger partial charge in [-0.2, -0.15) is 0 Å². The van der Waals surface area contributed by atoms with E-state index in [9.17, 15) is 4.79 Å². The van der Waals surface area contributed by atoms with Crippen LogP contribution in [-0.4, -0.2) is 34.6 Å². The summed E-state index contributed by atoms with van der Waals surface area (Å²) in [7, 11) is 0. The van der Waals surface area contributed by atoms with E-state index in [1.165, 1.54) is 29.5 Å². The third kappa shape index (κ3) is 4.29. The summed E-state index contributed by atoms with van der Waals surface area (Å²) in [6, 6.07) is 6.09. The van der Waals surface area contributed by atoms with Crippen LogP contribution >= 0.6 is 0 Å². The lowest BCUT2D eigenvalue weighted by Crippen LogP contribution is -2.44. The van der Waals surface area contributed by atoms with Crippen molar-refractivity contribution >= 4 is 5.97 Å². The van der Waals surface area contributed by atoms with Crippen LogP contribution in [0.1, 0.15) is 42.4 Å². The van der Waals surface area contributed by atoms with Crippen LogP contribution in [0.3, 0.4) is 0 Å². The minimum atomic E-state index is -0.897.